The van der Waals surface area contributed by atoms with Crippen LogP contribution in [0.15, 0.2) is 42.9 Å². The van der Waals surface area contributed by atoms with E-state index in [-0.39, 0.29) is 0 Å². The number of fused-ring (bicyclic) bond motifs is 1. The predicted octanol–water partition coefficient (Wildman–Crippen LogP) is 4.21. The van der Waals surface area contributed by atoms with Gasteiger partial charge in [-0.15, -0.1) is 0 Å². The number of nitrogens with one attached hydrogen (secondary N) is 3. The van der Waals surface area contributed by atoms with Crippen LogP contribution in [-0.4, -0.2) is 40.1 Å². The van der Waals surface area contributed by atoms with E-state index < -0.39 is 0 Å². The first kappa shape index (κ1) is 18.3. The van der Waals surface area contributed by atoms with Crippen molar-refractivity contribution in [3.63, 3.8) is 0 Å². The summed E-state index contributed by atoms with van der Waals surface area (Å²) < 4.78 is 0. The molecule has 5 rings (SSSR count). The molecule has 0 bridgehead atoms. The molecular weight excluding hydrogens is 360 g/mol. The highest BCUT2D eigenvalue weighted by atomic mass is 15.1. The van der Waals surface area contributed by atoms with Crippen molar-refractivity contribution in [2.24, 2.45) is 0 Å². The Morgan fingerprint density at radius 1 is 0.931 bits per heavy atom. The number of rotatable bonds is 5. The molecule has 1 saturated carbocycles. The number of anilines is 2. The summed E-state index contributed by atoms with van der Waals surface area (Å²) >= 11 is 0. The van der Waals surface area contributed by atoms with E-state index >= 15 is 0 Å². The molecule has 1 unspecified atom stereocenters. The lowest BCUT2D eigenvalue weighted by Gasteiger charge is -2.23. The van der Waals surface area contributed by atoms with Gasteiger partial charge in [0.05, 0.1) is 5.69 Å². The minimum atomic E-state index is 0.412. The van der Waals surface area contributed by atoms with Crippen molar-refractivity contribution < 1.29 is 0 Å². The van der Waals surface area contributed by atoms with Gasteiger partial charge in [-0.25, -0.2) is 9.97 Å². The lowest BCUT2D eigenvalue weighted by atomic mass is 9.95. The van der Waals surface area contributed by atoms with E-state index in [2.05, 4.69) is 38.1 Å². The number of pyridine rings is 3. The van der Waals surface area contributed by atoms with Gasteiger partial charge in [-0.1, -0.05) is 19.3 Å². The molecule has 1 aliphatic carbocycles. The average molecular weight is 389 g/mol. The van der Waals surface area contributed by atoms with Gasteiger partial charge in [0, 0.05) is 53.6 Å². The molecule has 6 heteroatoms. The van der Waals surface area contributed by atoms with Gasteiger partial charge in [0.2, 0.25) is 0 Å². The normalized spacial score (nSPS) is 20.1. The second-order valence-electron chi connectivity index (χ2n) is 8.20. The molecule has 2 fully saturated rings. The summed E-state index contributed by atoms with van der Waals surface area (Å²) in [6.45, 7) is 2.03. The van der Waals surface area contributed by atoms with Crippen LogP contribution in [0.3, 0.4) is 0 Å². The van der Waals surface area contributed by atoms with Gasteiger partial charge in [-0.3, -0.25) is 4.98 Å². The van der Waals surface area contributed by atoms with Crippen molar-refractivity contribution in [2.75, 3.05) is 23.7 Å². The molecule has 1 saturated heterocycles. The monoisotopic (exact) mass is 388 g/mol. The van der Waals surface area contributed by atoms with E-state index in [9.17, 15) is 0 Å². The Morgan fingerprint density at radius 3 is 2.72 bits per heavy atom. The van der Waals surface area contributed by atoms with Crippen LogP contribution in [0.1, 0.15) is 38.5 Å². The summed E-state index contributed by atoms with van der Waals surface area (Å²) in [6.07, 6.45) is 13.2. The van der Waals surface area contributed by atoms with E-state index in [0.29, 0.717) is 12.1 Å². The van der Waals surface area contributed by atoms with Crippen LogP contribution in [0.4, 0.5) is 11.6 Å². The van der Waals surface area contributed by atoms with Gasteiger partial charge in [0.1, 0.15) is 11.6 Å². The van der Waals surface area contributed by atoms with Crippen LogP contribution in [-0.2, 0) is 0 Å². The molecule has 6 nitrogen and oxygen atoms in total. The zero-order valence-corrected chi connectivity index (χ0v) is 16.7. The van der Waals surface area contributed by atoms with Crippen molar-refractivity contribution >= 4 is 22.4 Å². The Labute approximate surface area is 171 Å². The summed E-state index contributed by atoms with van der Waals surface area (Å²) in [4.78, 5) is 13.9. The second-order valence-corrected chi connectivity index (χ2v) is 8.20. The first-order valence-electron chi connectivity index (χ1n) is 10.8. The van der Waals surface area contributed by atoms with Gasteiger partial charge in [0.15, 0.2) is 0 Å². The first-order valence-corrected chi connectivity index (χ1v) is 10.8. The van der Waals surface area contributed by atoms with Gasteiger partial charge in [-0.05, 0) is 50.1 Å². The first-order chi connectivity index (χ1) is 14.3. The Bertz CT molecular complexity index is 976. The standard InChI is InChI=1S/C23H28N6/c1-2-4-18(5-3-1)27-22-13-16(6-11-26-22)21-12-17-14-24-10-8-20(17)23(29-21)28-19-7-9-25-15-19/h6,8,10-14,18-19,25H,1-5,7,9,15H2,(H,26,27)(H,28,29). The average Bonchev–Trinajstić information content (AvgIpc) is 3.28. The minimum absolute atomic E-state index is 0.412. The van der Waals surface area contributed by atoms with Crippen LogP contribution in [0, 0.1) is 0 Å². The molecule has 0 amide bonds. The Kier molecular flexibility index (Phi) is 5.26. The van der Waals surface area contributed by atoms with E-state index in [1.54, 1.807) is 0 Å². The molecule has 3 aromatic rings. The van der Waals surface area contributed by atoms with Crippen molar-refractivity contribution in [3.05, 3.63) is 42.9 Å². The number of hydrogen-bond acceptors (Lipinski definition) is 6. The van der Waals surface area contributed by atoms with Gasteiger partial charge in [-0.2, -0.15) is 0 Å². The maximum Gasteiger partial charge on any atom is 0.134 e. The van der Waals surface area contributed by atoms with Crippen LogP contribution >= 0.6 is 0 Å². The molecule has 3 N–H and O–H groups in total. The Balaban J connectivity index is 1.46. The summed E-state index contributed by atoms with van der Waals surface area (Å²) in [5.41, 5.74) is 2.03. The molecule has 29 heavy (non-hydrogen) atoms. The molecule has 3 aromatic heterocycles. The van der Waals surface area contributed by atoms with Gasteiger partial charge in [0.25, 0.3) is 0 Å². The van der Waals surface area contributed by atoms with E-state index in [1.807, 2.05) is 30.7 Å². The third kappa shape index (κ3) is 4.17. The van der Waals surface area contributed by atoms with Gasteiger partial charge >= 0.3 is 0 Å². The minimum Gasteiger partial charge on any atom is -0.367 e. The summed E-state index contributed by atoms with van der Waals surface area (Å²) in [6, 6.07) is 9.28. The molecule has 0 spiro atoms. The maximum atomic E-state index is 5.00. The molecule has 0 aromatic carbocycles. The zero-order chi connectivity index (χ0) is 19.5. The maximum absolute atomic E-state index is 5.00. The third-order valence-corrected chi connectivity index (χ3v) is 6.05. The summed E-state index contributed by atoms with van der Waals surface area (Å²) in [5, 5.41) is 12.9. The second kappa shape index (κ2) is 8.33. The largest absolute Gasteiger partial charge is 0.367 e. The molecular formula is C23H28N6. The smallest absolute Gasteiger partial charge is 0.134 e. The number of hydrogen-bond donors (Lipinski definition) is 3. The van der Waals surface area contributed by atoms with Crippen molar-refractivity contribution in [1.29, 1.82) is 0 Å². The molecule has 1 aliphatic heterocycles. The van der Waals surface area contributed by atoms with Crippen molar-refractivity contribution in [3.8, 4) is 11.3 Å². The molecule has 0 radical (unpaired) electrons. The third-order valence-electron chi connectivity index (χ3n) is 6.05. The quantitative estimate of drug-likeness (QED) is 0.608. The van der Waals surface area contributed by atoms with E-state index in [4.69, 9.17) is 4.98 Å². The van der Waals surface area contributed by atoms with Crippen LogP contribution < -0.4 is 16.0 Å². The lowest BCUT2D eigenvalue weighted by molar-refractivity contribution is 0.462. The molecule has 150 valence electrons. The number of nitrogens with zero attached hydrogens (tertiary/aromatic N) is 3. The molecule has 1 atom stereocenters. The molecule has 4 heterocycles. The zero-order valence-electron chi connectivity index (χ0n) is 16.7. The summed E-state index contributed by atoms with van der Waals surface area (Å²) in [7, 11) is 0. The fourth-order valence-electron chi connectivity index (χ4n) is 4.45. The highest BCUT2D eigenvalue weighted by Crippen LogP contribution is 2.29. The van der Waals surface area contributed by atoms with E-state index in [0.717, 1.165) is 53.2 Å². The molecule has 2 aliphatic rings. The lowest BCUT2D eigenvalue weighted by Crippen LogP contribution is -2.23. The van der Waals surface area contributed by atoms with Crippen LogP contribution in [0.25, 0.3) is 22.0 Å². The van der Waals surface area contributed by atoms with Crippen molar-refractivity contribution in [2.45, 2.75) is 50.6 Å². The van der Waals surface area contributed by atoms with Crippen molar-refractivity contribution in [1.82, 2.24) is 20.3 Å². The fourth-order valence-corrected chi connectivity index (χ4v) is 4.45. The highest BCUT2D eigenvalue weighted by molar-refractivity contribution is 5.94. The topological polar surface area (TPSA) is 74.8 Å². The summed E-state index contributed by atoms with van der Waals surface area (Å²) in [5.74, 6) is 1.88. The van der Waals surface area contributed by atoms with E-state index in [1.165, 1.54) is 32.1 Å². The predicted molar refractivity (Wildman–Crippen MR) is 118 cm³/mol. The number of aromatic nitrogens is 3. The SMILES string of the molecule is c1cc2c(NC3CCNC3)nc(-c3ccnc(NC4CCCCC4)c3)cc2cn1. The fraction of sp³-hybridized carbons (Fsp3) is 0.435. The Morgan fingerprint density at radius 2 is 1.86 bits per heavy atom. The van der Waals surface area contributed by atoms with Crippen LogP contribution in [0.2, 0.25) is 0 Å². The highest BCUT2D eigenvalue weighted by Gasteiger charge is 2.17. The van der Waals surface area contributed by atoms with Crippen LogP contribution in [0.5, 0.6) is 0 Å². The Hall–Kier alpha value is -2.73. The van der Waals surface area contributed by atoms with Gasteiger partial charge < -0.3 is 16.0 Å².